The SMILES string of the molecule is CCNc1ccc(C(=O)N(C)C2CCC(C)CC2)cn1. The fourth-order valence-electron chi connectivity index (χ4n) is 2.81. The van der Waals surface area contributed by atoms with Crippen molar-refractivity contribution in [1.29, 1.82) is 0 Å². The van der Waals surface area contributed by atoms with Gasteiger partial charge >= 0.3 is 0 Å². The third-order valence-corrected chi connectivity index (χ3v) is 4.22. The van der Waals surface area contributed by atoms with E-state index in [0.29, 0.717) is 11.6 Å². The van der Waals surface area contributed by atoms with Crippen molar-refractivity contribution < 1.29 is 4.79 Å². The summed E-state index contributed by atoms with van der Waals surface area (Å²) in [7, 11) is 1.92. The lowest BCUT2D eigenvalue weighted by molar-refractivity contribution is 0.0679. The maximum absolute atomic E-state index is 12.5. The molecule has 1 N–H and O–H groups in total. The quantitative estimate of drug-likeness (QED) is 0.918. The van der Waals surface area contributed by atoms with Gasteiger partial charge in [-0.25, -0.2) is 4.98 Å². The molecule has 0 unspecified atom stereocenters. The lowest BCUT2D eigenvalue weighted by atomic mass is 9.86. The Morgan fingerprint density at radius 2 is 2.05 bits per heavy atom. The summed E-state index contributed by atoms with van der Waals surface area (Å²) in [5.41, 5.74) is 0.674. The molecule has 0 aliphatic heterocycles. The Morgan fingerprint density at radius 1 is 1.35 bits per heavy atom. The molecule has 1 amide bonds. The van der Waals surface area contributed by atoms with Crippen LogP contribution in [0.2, 0.25) is 0 Å². The van der Waals surface area contributed by atoms with Gasteiger partial charge in [0.15, 0.2) is 0 Å². The fourth-order valence-corrected chi connectivity index (χ4v) is 2.81. The second kappa shape index (κ2) is 6.73. The van der Waals surface area contributed by atoms with E-state index in [1.807, 2.05) is 31.0 Å². The van der Waals surface area contributed by atoms with E-state index < -0.39 is 0 Å². The van der Waals surface area contributed by atoms with E-state index in [9.17, 15) is 4.79 Å². The van der Waals surface area contributed by atoms with Gasteiger partial charge in [0.1, 0.15) is 5.82 Å². The normalized spacial score (nSPS) is 22.4. The van der Waals surface area contributed by atoms with Crippen LogP contribution in [0.25, 0.3) is 0 Å². The van der Waals surface area contributed by atoms with Crippen LogP contribution in [0, 0.1) is 5.92 Å². The van der Waals surface area contributed by atoms with Crippen molar-refractivity contribution >= 4 is 11.7 Å². The Labute approximate surface area is 121 Å². The van der Waals surface area contributed by atoms with Crippen LogP contribution in [0.3, 0.4) is 0 Å². The zero-order valence-electron chi connectivity index (χ0n) is 12.7. The van der Waals surface area contributed by atoms with Gasteiger partial charge in [0.25, 0.3) is 5.91 Å². The molecule has 0 atom stereocenters. The second-order valence-corrected chi connectivity index (χ2v) is 5.79. The molecule has 2 rings (SSSR count). The average Bonchev–Trinajstić information content (AvgIpc) is 2.48. The van der Waals surface area contributed by atoms with E-state index in [1.54, 1.807) is 6.20 Å². The summed E-state index contributed by atoms with van der Waals surface area (Å²) in [6.07, 6.45) is 6.35. The molecule has 20 heavy (non-hydrogen) atoms. The Balaban J connectivity index is 1.99. The van der Waals surface area contributed by atoms with Crippen LogP contribution in [0.4, 0.5) is 5.82 Å². The van der Waals surface area contributed by atoms with Gasteiger partial charge in [-0.2, -0.15) is 0 Å². The maximum Gasteiger partial charge on any atom is 0.255 e. The molecule has 4 nitrogen and oxygen atoms in total. The van der Waals surface area contributed by atoms with Crippen molar-refractivity contribution in [2.24, 2.45) is 5.92 Å². The number of rotatable bonds is 4. The fraction of sp³-hybridized carbons (Fsp3) is 0.625. The Bertz CT molecular complexity index is 436. The summed E-state index contributed by atoms with van der Waals surface area (Å²) in [6.45, 7) is 5.15. The number of pyridine rings is 1. The molecule has 0 saturated heterocycles. The molecule has 0 radical (unpaired) electrons. The monoisotopic (exact) mass is 275 g/mol. The number of carbonyl (C=O) groups is 1. The van der Waals surface area contributed by atoms with E-state index >= 15 is 0 Å². The van der Waals surface area contributed by atoms with Gasteiger partial charge in [-0.15, -0.1) is 0 Å². The molecule has 1 aliphatic rings. The Kier molecular flexibility index (Phi) is 4.99. The first-order valence-corrected chi connectivity index (χ1v) is 7.59. The highest BCUT2D eigenvalue weighted by atomic mass is 16.2. The van der Waals surface area contributed by atoms with Crippen LogP contribution in [0.1, 0.15) is 49.9 Å². The van der Waals surface area contributed by atoms with E-state index in [0.717, 1.165) is 31.1 Å². The van der Waals surface area contributed by atoms with Crippen LogP contribution < -0.4 is 5.32 Å². The number of carbonyl (C=O) groups excluding carboxylic acids is 1. The topological polar surface area (TPSA) is 45.2 Å². The van der Waals surface area contributed by atoms with Crippen LogP contribution in [-0.2, 0) is 0 Å². The minimum Gasteiger partial charge on any atom is -0.370 e. The molecule has 1 fully saturated rings. The van der Waals surface area contributed by atoms with Crippen molar-refractivity contribution in [2.75, 3.05) is 18.9 Å². The van der Waals surface area contributed by atoms with E-state index in [-0.39, 0.29) is 5.91 Å². The molecule has 0 spiro atoms. The first kappa shape index (κ1) is 14.8. The number of hydrogen-bond acceptors (Lipinski definition) is 3. The third-order valence-electron chi connectivity index (χ3n) is 4.22. The standard InChI is InChI=1S/C16H25N3O/c1-4-17-15-10-7-13(11-18-15)16(20)19(3)14-8-5-12(2)6-9-14/h7,10-12,14H,4-6,8-9H2,1-3H3,(H,17,18). The smallest absolute Gasteiger partial charge is 0.255 e. The molecule has 0 aromatic carbocycles. The van der Waals surface area contributed by atoms with Crippen molar-refractivity contribution in [3.8, 4) is 0 Å². The van der Waals surface area contributed by atoms with Crippen molar-refractivity contribution in [3.63, 3.8) is 0 Å². The Morgan fingerprint density at radius 3 is 2.60 bits per heavy atom. The summed E-state index contributed by atoms with van der Waals surface area (Å²) < 4.78 is 0. The number of amides is 1. The summed E-state index contributed by atoms with van der Waals surface area (Å²) >= 11 is 0. The summed E-state index contributed by atoms with van der Waals surface area (Å²) in [4.78, 5) is 18.6. The van der Waals surface area contributed by atoms with Gasteiger partial charge in [-0.1, -0.05) is 6.92 Å². The average molecular weight is 275 g/mol. The summed E-state index contributed by atoms with van der Waals surface area (Å²) in [5.74, 6) is 1.70. The Hall–Kier alpha value is -1.58. The summed E-state index contributed by atoms with van der Waals surface area (Å²) in [5, 5.41) is 3.14. The largest absolute Gasteiger partial charge is 0.370 e. The number of anilines is 1. The minimum absolute atomic E-state index is 0.0834. The molecule has 0 bridgehead atoms. The molecular formula is C16H25N3O. The number of nitrogens with zero attached hydrogens (tertiary/aromatic N) is 2. The second-order valence-electron chi connectivity index (χ2n) is 5.79. The number of nitrogens with one attached hydrogen (secondary N) is 1. The van der Waals surface area contributed by atoms with Gasteiger partial charge in [-0.3, -0.25) is 4.79 Å². The molecule has 110 valence electrons. The highest BCUT2D eigenvalue weighted by Crippen LogP contribution is 2.27. The lowest BCUT2D eigenvalue weighted by Crippen LogP contribution is -2.39. The van der Waals surface area contributed by atoms with Crippen molar-refractivity contribution in [1.82, 2.24) is 9.88 Å². The van der Waals surface area contributed by atoms with Crippen LogP contribution in [0.5, 0.6) is 0 Å². The highest BCUT2D eigenvalue weighted by molar-refractivity contribution is 5.94. The first-order chi connectivity index (χ1) is 9.61. The molecule has 1 saturated carbocycles. The number of aromatic nitrogens is 1. The van der Waals surface area contributed by atoms with E-state index in [1.165, 1.54) is 12.8 Å². The van der Waals surface area contributed by atoms with Gasteiger partial charge in [0, 0.05) is 25.8 Å². The molecule has 1 aliphatic carbocycles. The molecule has 4 heteroatoms. The van der Waals surface area contributed by atoms with Crippen LogP contribution in [0.15, 0.2) is 18.3 Å². The maximum atomic E-state index is 12.5. The van der Waals surface area contributed by atoms with Crippen molar-refractivity contribution in [2.45, 2.75) is 45.6 Å². The molecular weight excluding hydrogens is 250 g/mol. The highest BCUT2D eigenvalue weighted by Gasteiger charge is 2.25. The van der Waals surface area contributed by atoms with Gasteiger partial charge in [0.2, 0.25) is 0 Å². The van der Waals surface area contributed by atoms with Gasteiger partial charge < -0.3 is 10.2 Å². The zero-order valence-corrected chi connectivity index (χ0v) is 12.7. The molecule has 1 heterocycles. The predicted molar refractivity (Wildman–Crippen MR) is 81.9 cm³/mol. The van der Waals surface area contributed by atoms with Crippen LogP contribution >= 0.6 is 0 Å². The molecule has 1 aromatic rings. The number of hydrogen-bond donors (Lipinski definition) is 1. The van der Waals surface area contributed by atoms with E-state index in [2.05, 4.69) is 17.2 Å². The van der Waals surface area contributed by atoms with Crippen molar-refractivity contribution in [3.05, 3.63) is 23.9 Å². The third kappa shape index (κ3) is 3.50. The minimum atomic E-state index is 0.0834. The van der Waals surface area contributed by atoms with Gasteiger partial charge in [0.05, 0.1) is 5.56 Å². The predicted octanol–water partition coefficient (Wildman–Crippen LogP) is 3.16. The van der Waals surface area contributed by atoms with Crippen LogP contribution in [-0.4, -0.2) is 35.4 Å². The summed E-state index contributed by atoms with van der Waals surface area (Å²) in [6, 6.07) is 4.11. The van der Waals surface area contributed by atoms with E-state index in [4.69, 9.17) is 0 Å². The van der Waals surface area contributed by atoms with Gasteiger partial charge in [-0.05, 0) is 50.7 Å². The first-order valence-electron chi connectivity index (χ1n) is 7.59. The lowest BCUT2D eigenvalue weighted by Gasteiger charge is -2.33. The molecule has 1 aromatic heterocycles. The zero-order chi connectivity index (χ0) is 14.5.